The third kappa shape index (κ3) is 6.69. The number of rotatable bonds is 10. The van der Waals surface area contributed by atoms with Crippen LogP contribution < -0.4 is 0 Å². The fraction of sp³-hybridized carbons (Fsp3) is 0.600. The van der Waals surface area contributed by atoms with Gasteiger partial charge in [0.25, 0.3) is 0 Å². The lowest BCUT2D eigenvalue weighted by Crippen LogP contribution is -2.39. The number of hydrogen-bond acceptors (Lipinski definition) is 5. The zero-order chi connectivity index (χ0) is 22.3. The van der Waals surface area contributed by atoms with Crippen molar-refractivity contribution in [3.63, 3.8) is 0 Å². The van der Waals surface area contributed by atoms with Crippen molar-refractivity contribution in [3.05, 3.63) is 56.2 Å². The summed E-state index contributed by atoms with van der Waals surface area (Å²) in [6.07, 6.45) is 2.46. The summed E-state index contributed by atoms with van der Waals surface area (Å²) >= 11 is 14.4. The van der Waals surface area contributed by atoms with E-state index in [1.54, 1.807) is 18.4 Å². The predicted molar refractivity (Wildman–Crippen MR) is 134 cm³/mol. The van der Waals surface area contributed by atoms with Gasteiger partial charge < -0.3 is 14.4 Å². The lowest BCUT2D eigenvalue weighted by molar-refractivity contribution is 0.0330. The number of methoxy groups -OCH3 is 1. The van der Waals surface area contributed by atoms with Crippen LogP contribution in [0.3, 0.4) is 0 Å². The number of likely N-dealkylation sites (tertiary alicyclic amines) is 2. The number of benzene rings is 1. The van der Waals surface area contributed by atoms with Crippen LogP contribution in [-0.4, -0.2) is 69.5 Å². The first-order chi connectivity index (χ1) is 15.6. The Bertz CT molecular complexity index is 827. The SMILES string of the molecule is COCCOCC1CCN(CC2CN(Cc3ccc(Cl)cc3Cl)CC2c2ccsc2)CC1. The molecule has 0 bridgehead atoms. The lowest BCUT2D eigenvalue weighted by Gasteiger charge is -2.34. The van der Waals surface area contributed by atoms with Crippen molar-refractivity contribution in [3.8, 4) is 0 Å². The summed E-state index contributed by atoms with van der Waals surface area (Å²) in [5, 5.41) is 6.00. The molecule has 0 spiro atoms. The van der Waals surface area contributed by atoms with Gasteiger partial charge in [0.1, 0.15) is 0 Å². The molecule has 4 nitrogen and oxygen atoms in total. The Labute approximate surface area is 206 Å². The molecule has 0 amide bonds. The molecule has 0 saturated carbocycles. The molecule has 2 unspecified atom stereocenters. The molecule has 2 aliphatic rings. The van der Waals surface area contributed by atoms with Crippen LogP contribution in [0.2, 0.25) is 10.0 Å². The molecule has 2 atom stereocenters. The number of thiophene rings is 1. The quantitative estimate of drug-likeness (QED) is 0.397. The highest BCUT2D eigenvalue weighted by Gasteiger charge is 2.35. The second-order valence-electron chi connectivity index (χ2n) is 9.16. The smallest absolute Gasteiger partial charge is 0.0700 e. The van der Waals surface area contributed by atoms with Crippen molar-refractivity contribution >= 4 is 34.5 Å². The van der Waals surface area contributed by atoms with Gasteiger partial charge in [-0.25, -0.2) is 0 Å². The Kier molecular flexibility index (Phi) is 9.30. The van der Waals surface area contributed by atoms with E-state index in [1.807, 2.05) is 12.1 Å². The molecule has 0 aliphatic carbocycles. The Hall–Kier alpha value is -0.660. The van der Waals surface area contributed by atoms with Gasteiger partial charge in [0.2, 0.25) is 0 Å². The fourth-order valence-corrected chi connectivity index (χ4v) is 6.28. The maximum Gasteiger partial charge on any atom is 0.0700 e. The summed E-state index contributed by atoms with van der Waals surface area (Å²) in [6.45, 7) is 8.85. The monoisotopic (exact) mass is 496 g/mol. The van der Waals surface area contributed by atoms with E-state index in [4.69, 9.17) is 32.7 Å². The predicted octanol–water partition coefficient (Wildman–Crippen LogP) is 5.65. The molecule has 0 N–H and O–H groups in total. The summed E-state index contributed by atoms with van der Waals surface area (Å²) in [5.74, 6) is 1.91. The molecule has 7 heteroatoms. The van der Waals surface area contributed by atoms with Gasteiger partial charge in [-0.1, -0.05) is 29.3 Å². The molecule has 3 heterocycles. The number of hydrogen-bond donors (Lipinski definition) is 0. The normalized spacial score (nSPS) is 23.2. The summed E-state index contributed by atoms with van der Waals surface area (Å²) in [7, 11) is 1.72. The van der Waals surface area contributed by atoms with Crippen LogP contribution in [0.1, 0.15) is 29.9 Å². The van der Waals surface area contributed by atoms with E-state index in [0.717, 1.165) is 36.8 Å². The molecule has 0 radical (unpaired) electrons. The number of piperidine rings is 1. The van der Waals surface area contributed by atoms with Crippen molar-refractivity contribution in [1.29, 1.82) is 0 Å². The van der Waals surface area contributed by atoms with Gasteiger partial charge in [0.05, 0.1) is 13.2 Å². The van der Waals surface area contributed by atoms with E-state index >= 15 is 0 Å². The molecular weight excluding hydrogens is 463 g/mol. The highest BCUT2D eigenvalue weighted by molar-refractivity contribution is 7.08. The van der Waals surface area contributed by atoms with Crippen LogP contribution in [0.4, 0.5) is 0 Å². The highest BCUT2D eigenvalue weighted by Crippen LogP contribution is 2.36. The molecule has 2 saturated heterocycles. The molecule has 2 aliphatic heterocycles. The number of halogens is 2. The molecule has 176 valence electrons. The first-order valence-corrected chi connectivity index (χ1v) is 13.3. The van der Waals surface area contributed by atoms with Gasteiger partial charge in [-0.3, -0.25) is 4.90 Å². The van der Waals surface area contributed by atoms with Crippen molar-refractivity contribution in [1.82, 2.24) is 9.80 Å². The second-order valence-corrected chi connectivity index (χ2v) is 10.8. The minimum absolute atomic E-state index is 0.586. The number of ether oxygens (including phenoxy) is 2. The Balaban J connectivity index is 1.32. The van der Waals surface area contributed by atoms with Gasteiger partial charge in [-0.05, 0) is 77.9 Å². The molecule has 1 aromatic heterocycles. The molecule has 1 aromatic carbocycles. The Morgan fingerprint density at radius 2 is 1.91 bits per heavy atom. The second kappa shape index (κ2) is 12.2. The van der Waals surface area contributed by atoms with Crippen LogP contribution in [-0.2, 0) is 16.0 Å². The van der Waals surface area contributed by atoms with E-state index in [9.17, 15) is 0 Å². The first-order valence-electron chi connectivity index (χ1n) is 11.6. The molecule has 4 rings (SSSR count). The zero-order valence-electron chi connectivity index (χ0n) is 18.8. The van der Waals surface area contributed by atoms with Crippen molar-refractivity contribution in [2.24, 2.45) is 11.8 Å². The third-order valence-corrected chi connectivity index (χ3v) is 8.17. The summed E-state index contributed by atoms with van der Waals surface area (Å²) in [5.41, 5.74) is 2.65. The van der Waals surface area contributed by atoms with Crippen LogP contribution in [0, 0.1) is 11.8 Å². The Morgan fingerprint density at radius 3 is 2.62 bits per heavy atom. The van der Waals surface area contributed by atoms with Gasteiger partial charge >= 0.3 is 0 Å². The van der Waals surface area contributed by atoms with Crippen molar-refractivity contribution < 1.29 is 9.47 Å². The van der Waals surface area contributed by atoms with Crippen LogP contribution >= 0.6 is 34.5 Å². The van der Waals surface area contributed by atoms with Crippen molar-refractivity contribution in [2.75, 3.05) is 59.7 Å². The van der Waals surface area contributed by atoms with E-state index in [-0.39, 0.29) is 0 Å². The average Bonchev–Trinajstić information content (AvgIpc) is 3.44. The summed E-state index contributed by atoms with van der Waals surface area (Å²) < 4.78 is 10.8. The fourth-order valence-electron chi connectivity index (χ4n) is 5.09. The molecular formula is C25H34Cl2N2O2S. The average molecular weight is 498 g/mol. The number of nitrogens with zero attached hydrogens (tertiary/aromatic N) is 2. The van der Waals surface area contributed by atoms with Crippen molar-refractivity contribution in [2.45, 2.75) is 25.3 Å². The minimum Gasteiger partial charge on any atom is -0.382 e. The Morgan fingerprint density at radius 1 is 1.06 bits per heavy atom. The van der Waals surface area contributed by atoms with Gasteiger partial charge in [-0.15, -0.1) is 0 Å². The largest absolute Gasteiger partial charge is 0.382 e. The molecule has 2 fully saturated rings. The maximum atomic E-state index is 6.47. The van der Waals surface area contributed by atoms with E-state index in [0.29, 0.717) is 36.0 Å². The van der Waals surface area contributed by atoms with Crippen LogP contribution in [0.25, 0.3) is 0 Å². The van der Waals surface area contributed by atoms with Gasteiger partial charge in [-0.2, -0.15) is 11.3 Å². The van der Waals surface area contributed by atoms with E-state index < -0.39 is 0 Å². The van der Waals surface area contributed by atoms with Crippen LogP contribution in [0.5, 0.6) is 0 Å². The van der Waals surface area contributed by atoms with E-state index in [2.05, 4.69) is 32.7 Å². The minimum atomic E-state index is 0.586. The zero-order valence-corrected chi connectivity index (χ0v) is 21.2. The maximum absolute atomic E-state index is 6.47. The summed E-state index contributed by atoms with van der Waals surface area (Å²) in [6, 6.07) is 8.17. The first kappa shape index (κ1) is 24.5. The molecule has 32 heavy (non-hydrogen) atoms. The van der Waals surface area contributed by atoms with Crippen LogP contribution in [0.15, 0.2) is 35.0 Å². The van der Waals surface area contributed by atoms with Gasteiger partial charge in [0, 0.05) is 55.9 Å². The third-order valence-electron chi connectivity index (χ3n) is 6.88. The standard InChI is InChI=1S/C25H34Cl2N2O2S/c1-30-9-10-31-17-19-4-7-28(8-5-19)14-22-15-29(16-24(22)21-6-11-32-18-21)13-20-2-3-23(26)12-25(20)27/h2-3,6,11-12,18-19,22,24H,4-5,7-10,13-17H2,1H3. The van der Waals surface area contributed by atoms with E-state index in [1.165, 1.54) is 38.0 Å². The highest BCUT2D eigenvalue weighted by atomic mass is 35.5. The summed E-state index contributed by atoms with van der Waals surface area (Å²) in [4.78, 5) is 5.24. The topological polar surface area (TPSA) is 24.9 Å². The molecule has 2 aromatic rings. The lowest BCUT2D eigenvalue weighted by atomic mass is 9.89. The van der Waals surface area contributed by atoms with Gasteiger partial charge in [0.15, 0.2) is 0 Å².